The third-order valence-electron chi connectivity index (χ3n) is 3.68. The molecular formula is C16H24O2. The Kier molecular flexibility index (Phi) is 4.65. The number of aryl methyl sites for hydroxylation is 1. The number of ether oxygens (including phenoxy) is 1. The van der Waals surface area contributed by atoms with E-state index in [2.05, 4.69) is 6.92 Å². The molecule has 0 spiro atoms. The van der Waals surface area contributed by atoms with E-state index in [4.69, 9.17) is 4.74 Å². The van der Waals surface area contributed by atoms with Gasteiger partial charge in [-0.05, 0) is 31.9 Å². The first-order valence-electron chi connectivity index (χ1n) is 7.16. The fraction of sp³-hybridized carbons (Fsp3) is 0.625. The zero-order chi connectivity index (χ0) is 13.0. The van der Waals surface area contributed by atoms with Crippen LogP contribution in [0.1, 0.15) is 62.7 Å². The highest BCUT2D eigenvalue weighted by molar-refractivity contribution is 5.40. The molecule has 0 fully saturated rings. The van der Waals surface area contributed by atoms with Crippen LogP contribution >= 0.6 is 0 Å². The van der Waals surface area contributed by atoms with Crippen LogP contribution in [-0.4, -0.2) is 11.2 Å². The lowest BCUT2D eigenvalue weighted by atomic mass is 9.95. The number of rotatable bonds is 5. The molecule has 0 amide bonds. The average Bonchev–Trinajstić information content (AvgIpc) is 2.36. The predicted octanol–water partition coefficient (Wildman–Crippen LogP) is 4.15. The minimum Gasteiger partial charge on any atom is -0.490 e. The Morgan fingerprint density at radius 2 is 2.11 bits per heavy atom. The lowest BCUT2D eigenvalue weighted by Gasteiger charge is -2.30. The average molecular weight is 248 g/mol. The Balaban J connectivity index is 1.93. The monoisotopic (exact) mass is 248 g/mol. The summed E-state index contributed by atoms with van der Waals surface area (Å²) in [6.45, 7) is 4.27. The number of aliphatic hydroxyl groups excluding tert-OH is 1. The summed E-state index contributed by atoms with van der Waals surface area (Å²) in [6.07, 6.45) is 6.66. The van der Waals surface area contributed by atoms with E-state index >= 15 is 0 Å². The minimum absolute atomic E-state index is 0.187. The molecule has 18 heavy (non-hydrogen) atoms. The quantitative estimate of drug-likeness (QED) is 0.793. The topological polar surface area (TPSA) is 29.5 Å². The SMILES string of the molecule is CCCCCCC1CC(O)c2cc(C)ccc2O1. The van der Waals surface area contributed by atoms with Gasteiger partial charge in [0.15, 0.2) is 0 Å². The van der Waals surface area contributed by atoms with Gasteiger partial charge in [-0.25, -0.2) is 0 Å². The van der Waals surface area contributed by atoms with E-state index in [-0.39, 0.29) is 12.2 Å². The summed E-state index contributed by atoms with van der Waals surface area (Å²) in [5.74, 6) is 0.875. The van der Waals surface area contributed by atoms with Gasteiger partial charge in [-0.3, -0.25) is 0 Å². The second kappa shape index (κ2) is 6.24. The van der Waals surface area contributed by atoms with Gasteiger partial charge in [-0.2, -0.15) is 0 Å². The highest BCUT2D eigenvalue weighted by Crippen LogP contribution is 2.36. The fourth-order valence-electron chi connectivity index (χ4n) is 2.61. The molecule has 1 heterocycles. The molecule has 2 nitrogen and oxygen atoms in total. The van der Waals surface area contributed by atoms with Crippen LogP contribution in [0, 0.1) is 6.92 Å². The molecule has 1 aliphatic heterocycles. The molecule has 0 bridgehead atoms. The van der Waals surface area contributed by atoms with E-state index < -0.39 is 0 Å². The summed E-state index contributed by atoms with van der Waals surface area (Å²) in [6, 6.07) is 6.07. The molecule has 0 aromatic heterocycles. The van der Waals surface area contributed by atoms with Crippen LogP contribution in [0.3, 0.4) is 0 Å². The summed E-state index contributed by atoms with van der Waals surface area (Å²) in [5, 5.41) is 10.2. The smallest absolute Gasteiger partial charge is 0.125 e. The molecule has 1 aliphatic rings. The van der Waals surface area contributed by atoms with Gasteiger partial charge in [0.25, 0.3) is 0 Å². The number of unbranched alkanes of at least 4 members (excludes halogenated alkanes) is 3. The predicted molar refractivity (Wildman–Crippen MR) is 73.9 cm³/mol. The molecule has 1 aromatic carbocycles. The number of hydrogen-bond donors (Lipinski definition) is 1. The van der Waals surface area contributed by atoms with Crippen LogP contribution in [0.4, 0.5) is 0 Å². The molecular weight excluding hydrogens is 224 g/mol. The molecule has 100 valence electrons. The van der Waals surface area contributed by atoms with Crippen LogP contribution in [-0.2, 0) is 0 Å². The second-order valence-electron chi connectivity index (χ2n) is 5.38. The first kappa shape index (κ1) is 13.4. The van der Waals surface area contributed by atoms with Crippen LogP contribution in [0.5, 0.6) is 5.75 Å². The largest absolute Gasteiger partial charge is 0.490 e. The highest BCUT2D eigenvalue weighted by atomic mass is 16.5. The Morgan fingerprint density at radius 1 is 1.28 bits per heavy atom. The number of fused-ring (bicyclic) bond motifs is 1. The van der Waals surface area contributed by atoms with Gasteiger partial charge in [0.05, 0.1) is 6.10 Å². The van der Waals surface area contributed by atoms with E-state index in [1.54, 1.807) is 0 Å². The Hall–Kier alpha value is -1.02. The van der Waals surface area contributed by atoms with Crippen molar-refractivity contribution in [1.29, 1.82) is 0 Å². The van der Waals surface area contributed by atoms with Crippen molar-refractivity contribution in [2.75, 3.05) is 0 Å². The standard InChI is InChI=1S/C16H24O2/c1-3-4-5-6-7-13-11-15(17)14-10-12(2)8-9-16(14)18-13/h8-10,13,15,17H,3-7,11H2,1-2H3. The highest BCUT2D eigenvalue weighted by Gasteiger charge is 2.26. The van der Waals surface area contributed by atoms with E-state index in [1.807, 2.05) is 25.1 Å². The van der Waals surface area contributed by atoms with Crippen molar-refractivity contribution >= 4 is 0 Å². The van der Waals surface area contributed by atoms with Crippen LogP contribution < -0.4 is 4.74 Å². The zero-order valence-electron chi connectivity index (χ0n) is 11.5. The maximum Gasteiger partial charge on any atom is 0.125 e. The van der Waals surface area contributed by atoms with Gasteiger partial charge in [-0.15, -0.1) is 0 Å². The molecule has 2 unspecified atom stereocenters. The van der Waals surface area contributed by atoms with Crippen molar-refractivity contribution in [3.8, 4) is 5.75 Å². The van der Waals surface area contributed by atoms with Crippen LogP contribution in [0.15, 0.2) is 18.2 Å². The minimum atomic E-state index is -0.357. The van der Waals surface area contributed by atoms with Crippen LogP contribution in [0.25, 0.3) is 0 Å². The van der Waals surface area contributed by atoms with Gasteiger partial charge >= 0.3 is 0 Å². The third kappa shape index (κ3) is 3.26. The van der Waals surface area contributed by atoms with Crippen LogP contribution in [0.2, 0.25) is 0 Å². The summed E-state index contributed by atoms with van der Waals surface area (Å²) in [5.41, 5.74) is 2.14. The molecule has 0 radical (unpaired) electrons. The molecule has 1 N–H and O–H groups in total. The van der Waals surface area contributed by atoms with E-state index in [1.165, 1.54) is 31.2 Å². The molecule has 2 heteroatoms. The number of hydrogen-bond acceptors (Lipinski definition) is 2. The van der Waals surface area contributed by atoms with E-state index in [9.17, 15) is 5.11 Å². The van der Waals surface area contributed by atoms with Crippen molar-refractivity contribution in [3.63, 3.8) is 0 Å². The van der Waals surface area contributed by atoms with Crippen molar-refractivity contribution in [2.24, 2.45) is 0 Å². The van der Waals surface area contributed by atoms with Crippen molar-refractivity contribution in [3.05, 3.63) is 29.3 Å². The van der Waals surface area contributed by atoms with Gasteiger partial charge < -0.3 is 9.84 Å². The van der Waals surface area contributed by atoms with E-state index in [0.717, 1.165) is 24.2 Å². The van der Waals surface area contributed by atoms with Crippen molar-refractivity contribution < 1.29 is 9.84 Å². The molecule has 2 rings (SSSR count). The van der Waals surface area contributed by atoms with Gasteiger partial charge in [-0.1, -0.05) is 37.8 Å². The van der Waals surface area contributed by atoms with Gasteiger partial charge in [0.1, 0.15) is 11.9 Å². The summed E-state index contributed by atoms with van der Waals surface area (Å²) in [4.78, 5) is 0. The lowest BCUT2D eigenvalue weighted by Crippen LogP contribution is -2.25. The first-order valence-corrected chi connectivity index (χ1v) is 7.16. The van der Waals surface area contributed by atoms with Gasteiger partial charge in [0.2, 0.25) is 0 Å². The molecule has 1 aromatic rings. The maximum atomic E-state index is 10.2. The van der Waals surface area contributed by atoms with E-state index in [0.29, 0.717) is 0 Å². The summed E-state index contributed by atoms with van der Waals surface area (Å²) < 4.78 is 5.98. The molecule has 0 saturated heterocycles. The van der Waals surface area contributed by atoms with Gasteiger partial charge in [0, 0.05) is 12.0 Å². The van der Waals surface area contributed by atoms with Crippen molar-refractivity contribution in [1.82, 2.24) is 0 Å². The third-order valence-corrected chi connectivity index (χ3v) is 3.68. The fourth-order valence-corrected chi connectivity index (χ4v) is 2.61. The first-order chi connectivity index (χ1) is 8.70. The molecule has 0 aliphatic carbocycles. The Morgan fingerprint density at radius 3 is 2.89 bits per heavy atom. The lowest BCUT2D eigenvalue weighted by molar-refractivity contribution is 0.0604. The number of aliphatic hydroxyl groups is 1. The second-order valence-corrected chi connectivity index (χ2v) is 5.38. The zero-order valence-corrected chi connectivity index (χ0v) is 11.5. The number of benzene rings is 1. The maximum absolute atomic E-state index is 10.2. The van der Waals surface area contributed by atoms with Crippen molar-refractivity contribution in [2.45, 2.75) is 64.6 Å². The molecule has 0 saturated carbocycles. The Labute approximate surface area is 110 Å². The summed E-state index contributed by atoms with van der Waals surface area (Å²) in [7, 11) is 0. The molecule has 2 atom stereocenters. The Bertz CT molecular complexity index is 387. The normalized spacial score (nSPS) is 22.4. The summed E-state index contributed by atoms with van der Waals surface area (Å²) >= 11 is 0.